The summed E-state index contributed by atoms with van der Waals surface area (Å²) in [5.74, 6) is 1.55. The van der Waals surface area contributed by atoms with Gasteiger partial charge in [-0.2, -0.15) is 0 Å². The fourth-order valence-corrected chi connectivity index (χ4v) is 2.72. The molecule has 6 nitrogen and oxygen atoms in total. The van der Waals surface area contributed by atoms with Gasteiger partial charge in [-0.25, -0.2) is 0 Å². The van der Waals surface area contributed by atoms with Gasteiger partial charge in [0.15, 0.2) is 6.61 Å². The van der Waals surface area contributed by atoms with Gasteiger partial charge in [0.25, 0.3) is 11.8 Å². The first-order chi connectivity index (χ1) is 10.9. The highest BCUT2D eigenvalue weighted by atomic mass is 16.5. The normalized spacial score (nSPS) is 18.7. The van der Waals surface area contributed by atoms with Crippen molar-refractivity contribution in [3.63, 3.8) is 0 Å². The topological polar surface area (TPSA) is 73.6 Å². The Labute approximate surface area is 134 Å². The van der Waals surface area contributed by atoms with Gasteiger partial charge in [0.1, 0.15) is 17.1 Å². The van der Waals surface area contributed by atoms with Gasteiger partial charge in [-0.05, 0) is 32.0 Å². The minimum absolute atomic E-state index is 0.105. The number of nitrogens with one attached hydrogen (secondary N) is 1. The maximum atomic E-state index is 12.2. The molecule has 1 atom stereocenters. The van der Waals surface area contributed by atoms with Gasteiger partial charge in [0, 0.05) is 18.1 Å². The van der Waals surface area contributed by atoms with E-state index in [-0.39, 0.29) is 24.2 Å². The largest absolute Gasteiger partial charge is 0.487 e. The Morgan fingerprint density at radius 1 is 1.43 bits per heavy atom. The van der Waals surface area contributed by atoms with Crippen LogP contribution >= 0.6 is 0 Å². The highest BCUT2D eigenvalue weighted by Crippen LogP contribution is 2.39. The highest BCUT2D eigenvalue weighted by molar-refractivity contribution is 5.78. The number of carbonyl (C=O) groups excluding carboxylic acids is 1. The van der Waals surface area contributed by atoms with Crippen LogP contribution in [0.2, 0.25) is 0 Å². The number of fused-ring (bicyclic) bond motifs is 1. The van der Waals surface area contributed by atoms with E-state index in [9.17, 15) is 4.79 Å². The first kappa shape index (κ1) is 15.4. The lowest BCUT2D eigenvalue weighted by atomic mass is 9.90. The second-order valence-corrected chi connectivity index (χ2v) is 6.29. The van der Waals surface area contributed by atoms with Crippen molar-refractivity contribution in [3.8, 4) is 11.6 Å². The summed E-state index contributed by atoms with van der Waals surface area (Å²) in [5, 5.41) is 6.70. The molecule has 1 aromatic heterocycles. The van der Waals surface area contributed by atoms with Gasteiger partial charge < -0.3 is 19.3 Å². The number of carbonyl (C=O) groups is 1. The molecule has 2 heterocycles. The SMILES string of the molecule is Cc1cc(OCC(=O)N[C@H]2CC(C)(C)Oc3ccccc32)no1. The molecule has 0 spiro atoms. The molecule has 1 N–H and O–H groups in total. The molecule has 0 saturated carbocycles. The van der Waals surface area contributed by atoms with E-state index in [1.54, 1.807) is 13.0 Å². The summed E-state index contributed by atoms with van der Waals surface area (Å²) in [6.45, 7) is 5.68. The van der Waals surface area contributed by atoms with Crippen LogP contribution in [0.25, 0.3) is 0 Å². The lowest BCUT2D eigenvalue weighted by Gasteiger charge is -2.37. The summed E-state index contributed by atoms with van der Waals surface area (Å²) < 4.78 is 16.2. The van der Waals surface area contributed by atoms with Crippen LogP contribution in [0, 0.1) is 6.92 Å². The molecule has 0 aliphatic carbocycles. The molecule has 0 bridgehead atoms. The molecule has 0 fully saturated rings. The molecule has 122 valence electrons. The molecule has 6 heteroatoms. The molecule has 0 unspecified atom stereocenters. The lowest BCUT2D eigenvalue weighted by molar-refractivity contribution is -0.124. The number of ether oxygens (including phenoxy) is 2. The van der Waals surface area contributed by atoms with Crippen molar-refractivity contribution in [3.05, 3.63) is 41.7 Å². The standard InChI is InChI=1S/C17H20N2O4/c1-11-8-16(19-23-11)21-10-15(20)18-13-9-17(2,3)22-14-7-5-4-6-12(13)14/h4-8,13H,9-10H2,1-3H3,(H,18,20)/t13-/m0/s1. The van der Waals surface area contributed by atoms with E-state index in [1.165, 1.54) is 0 Å². The van der Waals surface area contributed by atoms with E-state index in [0.29, 0.717) is 18.1 Å². The molecular formula is C17H20N2O4. The Hall–Kier alpha value is -2.50. The van der Waals surface area contributed by atoms with Gasteiger partial charge >= 0.3 is 0 Å². The van der Waals surface area contributed by atoms with Gasteiger partial charge in [0.2, 0.25) is 0 Å². The summed E-state index contributed by atoms with van der Waals surface area (Å²) >= 11 is 0. The lowest BCUT2D eigenvalue weighted by Crippen LogP contribution is -2.42. The number of amides is 1. The third-order valence-electron chi connectivity index (χ3n) is 3.67. The number of hydrogen-bond acceptors (Lipinski definition) is 5. The predicted octanol–water partition coefficient (Wildman–Crippen LogP) is 2.78. The average Bonchev–Trinajstić information content (AvgIpc) is 2.90. The summed E-state index contributed by atoms with van der Waals surface area (Å²) in [6, 6.07) is 9.29. The number of nitrogens with zero attached hydrogens (tertiary/aromatic N) is 1. The third kappa shape index (κ3) is 3.64. The molecule has 23 heavy (non-hydrogen) atoms. The van der Waals surface area contributed by atoms with Crippen molar-refractivity contribution < 1.29 is 18.8 Å². The fraction of sp³-hybridized carbons (Fsp3) is 0.412. The second-order valence-electron chi connectivity index (χ2n) is 6.29. The first-order valence-corrected chi connectivity index (χ1v) is 7.56. The molecule has 0 saturated heterocycles. The van der Waals surface area contributed by atoms with Crippen LogP contribution in [0.1, 0.15) is 37.6 Å². The Bertz CT molecular complexity index is 708. The smallest absolute Gasteiger partial charge is 0.258 e. The number of aryl methyl sites for hydroxylation is 1. The molecule has 1 aliphatic heterocycles. The molecule has 0 radical (unpaired) electrons. The van der Waals surface area contributed by atoms with Crippen LogP contribution in [0.15, 0.2) is 34.9 Å². The highest BCUT2D eigenvalue weighted by Gasteiger charge is 2.34. The van der Waals surface area contributed by atoms with Gasteiger partial charge in [-0.1, -0.05) is 18.2 Å². The molecule has 2 aromatic rings. The summed E-state index contributed by atoms with van der Waals surface area (Å²) in [6.07, 6.45) is 0.693. The van der Waals surface area contributed by atoms with Crippen molar-refractivity contribution in [2.45, 2.75) is 38.8 Å². The van der Waals surface area contributed by atoms with Crippen LogP contribution in [-0.2, 0) is 4.79 Å². The number of hydrogen-bond donors (Lipinski definition) is 1. The molecular weight excluding hydrogens is 296 g/mol. The first-order valence-electron chi connectivity index (χ1n) is 7.56. The Morgan fingerprint density at radius 3 is 2.96 bits per heavy atom. The van der Waals surface area contributed by atoms with Crippen LogP contribution in [-0.4, -0.2) is 23.3 Å². The van der Waals surface area contributed by atoms with Crippen LogP contribution < -0.4 is 14.8 Å². The van der Waals surface area contributed by atoms with E-state index in [2.05, 4.69) is 10.5 Å². The maximum Gasteiger partial charge on any atom is 0.258 e. The zero-order valence-corrected chi connectivity index (χ0v) is 13.5. The molecule has 1 aromatic carbocycles. The fourth-order valence-electron chi connectivity index (χ4n) is 2.72. The summed E-state index contributed by atoms with van der Waals surface area (Å²) in [7, 11) is 0. The number of aromatic nitrogens is 1. The van der Waals surface area contributed by atoms with Gasteiger partial charge in [-0.3, -0.25) is 4.79 Å². The van der Waals surface area contributed by atoms with Crippen LogP contribution in [0.3, 0.4) is 0 Å². The maximum absolute atomic E-state index is 12.2. The number of para-hydroxylation sites is 1. The minimum Gasteiger partial charge on any atom is -0.487 e. The van der Waals surface area contributed by atoms with Gasteiger partial charge in [-0.15, -0.1) is 0 Å². The Kier molecular flexibility index (Phi) is 3.98. The monoisotopic (exact) mass is 316 g/mol. The van der Waals surface area contributed by atoms with E-state index in [1.807, 2.05) is 38.1 Å². The summed E-state index contributed by atoms with van der Waals surface area (Å²) in [4.78, 5) is 12.2. The molecule has 1 amide bonds. The Balaban J connectivity index is 1.65. The Morgan fingerprint density at radius 2 is 2.22 bits per heavy atom. The molecule has 1 aliphatic rings. The molecule has 3 rings (SSSR count). The second kappa shape index (κ2) is 5.95. The van der Waals surface area contributed by atoms with Gasteiger partial charge in [0.05, 0.1) is 6.04 Å². The summed E-state index contributed by atoms with van der Waals surface area (Å²) in [5.41, 5.74) is 0.647. The average molecular weight is 316 g/mol. The number of benzene rings is 1. The van der Waals surface area contributed by atoms with E-state index >= 15 is 0 Å². The van der Waals surface area contributed by atoms with Crippen molar-refractivity contribution in [2.75, 3.05) is 6.61 Å². The van der Waals surface area contributed by atoms with Crippen molar-refractivity contribution in [1.82, 2.24) is 10.5 Å². The van der Waals surface area contributed by atoms with Crippen molar-refractivity contribution in [2.24, 2.45) is 0 Å². The number of rotatable bonds is 4. The predicted molar refractivity (Wildman–Crippen MR) is 83.4 cm³/mol. The van der Waals surface area contributed by atoms with Crippen molar-refractivity contribution in [1.29, 1.82) is 0 Å². The van der Waals surface area contributed by atoms with Crippen molar-refractivity contribution >= 4 is 5.91 Å². The minimum atomic E-state index is -0.337. The van der Waals surface area contributed by atoms with E-state index < -0.39 is 0 Å². The van der Waals surface area contributed by atoms with E-state index in [4.69, 9.17) is 14.0 Å². The zero-order chi connectivity index (χ0) is 16.4. The quantitative estimate of drug-likeness (QED) is 0.939. The van der Waals surface area contributed by atoms with Crippen LogP contribution in [0.5, 0.6) is 11.6 Å². The third-order valence-corrected chi connectivity index (χ3v) is 3.67. The van der Waals surface area contributed by atoms with E-state index in [0.717, 1.165) is 11.3 Å². The van der Waals surface area contributed by atoms with Crippen LogP contribution in [0.4, 0.5) is 0 Å². The zero-order valence-electron chi connectivity index (χ0n) is 13.5.